The molecule has 0 nitrogen and oxygen atoms in total. The number of rotatable bonds is 5. The quantitative estimate of drug-likeness (QED) is 0.400. The van der Waals surface area contributed by atoms with E-state index in [1.54, 1.807) is 0 Å². The summed E-state index contributed by atoms with van der Waals surface area (Å²) in [6.07, 6.45) is 1.89. The Bertz CT molecular complexity index is 741. The number of halogens is 3. The molecule has 3 aromatic carbocycles. The van der Waals surface area contributed by atoms with Gasteiger partial charge in [-0.3, -0.25) is 0 Å². The Labute approximate surface area is 176 Å². The molecule has 4 heteroatoms. The molecule has 1 fully saturated rings. The van der Waals surface area contributed by atoms with Gasteiger partial charge in [-0.2, -0.15) is 0 Å². The molecule has 0 aromatic heterocycles. The van der Waals surface area contributed by atoms with Crippen molar-refractivity contribution in [1.82, 2.24) is 0 Å². The molecule has 0 aliphatic heterocycles. The summed E-state index contributed by atoms with van der Waals surface area (Å²) in [6.45, 7) is 0. The molecule has 0 bridgehead atoms. The topological polar surface area (TPSA) is 0 Å². The molecule has 0 radical (unpaired) electrons. The van der Waals surface area contributed by atoms with Crippen LogP contribution in [0.15, 0.2) is 91.0 Å². The number of alkyl halides is 2. The summed E-state index contributed by atoms with van der Waals surface area (Å²) in [5.41, 5.74) is 0. The van der Waals surface area contributed by atoms with Crippen molar-refractivity contribution in [3.05, 3.63) is 91.0 Å². The van der Waals surface area contributed by atoms with Crippen LogP contribution in [-0.4, -0.2) is 10.5 Å². The van der Waals surface area contributed by atoms with Crippen LogP contribution in [0.25, 0.3) is 0 Å². The lowest BCUT2D eigenvalue weighted by Gasteiger charge is -2.28. The van der Waals surface area contributed by atoms with Crippen molar-refractivity contribution in [3.63, 3.8) is 0 Å². The molecule has 0 N–H and O–H groups in total. The minimum absolute atomic E-state index is 0. The second kappa shape index (κ2) is 8.03. The fraction of sp³-hybridized carbons (Fsp3) is 0.182. The van der Waals surface area contributed by atoms with Crippen LogP contribution in [0.1, 0.15) is 6.42 Å². The van der Waals surface area contributed by atoms with E-state index in [4.69, 9.17) is 23.2 Å². The third-order valence-electron chi connectivity index (χ3n) is 5.04. The lowest BCUT2D eigenvalue weighted by atomic mass is 10.3. The van der Waals surface area contributed by atoms with Crippen LogP contribution in [0.4, 0.5) is 0 Å². The summed E-state index contributed by atoms with van der Waals surface area (Å²) in [5.74, 6) is 0.338. The molecule has 1 saturated carbocycles. The molecule has 0 saturated heterocycles. The maximum Gasteiger partial charge on any atom is 0.125 e. The van der Waals surface area contributed by atoms with Crippen molar-refractivity contribution in [3.8, 4) is 0 Å². The summed E-state index contributed by atoms with van der Waals surface area (Å²) < 4.78 is -0.566. The van der Waals surface area contributed by atoms with E-state index in [1.165, 1.54) is 15.9 Å². The lowest BCUT2D eigenvalue weighted by Crippen LogP contribution is -3.00. The third-order valence-corrected chi connectivity index (χ3v) is 10.5. The highest BCUT2D eigenvalue weighted by molar-refractivity contribution is 7.95. The van der Waals surface area contributed by atoms with Crippen molar-refractivity contribution in [1.29, 1.82) is 0 Å². The second-order valence-corrected chi connectivity index (χ2v) is 11.7. The van der Waals surface area contributed by atoms with Gasteiger partial charge in [0.2, 0.25) is 0 Å². The van der Waals surface area contributed by atoms with Crippen molar-refractivity contribution in [2.45, 2.75) is 10.8 Å². The minimum atomic E-state index is -1.80. The van der Waals surface area contributed by atoms with Crippen LogP contribution in [0, 0.1) is 5.92 Å². The number of hydrogen-bond acceptors (Lipinski definition) is 0. The molecule has 0 spiro atoms. The number of benzene rings is 3. The molecule has 3 aromatic rings. The van der Waals surface area contributed by atoms with Gasteiger partial charge in [0.15, 0.2) is 0 Å². The average Bonchev–Trinajstić information content (AvgIpc) is 3.28. The first-order chi connectivity index (χ1) is 12.1. The zero-order valence-corrected chi connectivity index (χ0v) is 18.2. The first-order valence-corrected chi connectivity index (χ1v) is 11.3. The van der Waals surface area contributed by atoms with E-state index in [9.17, 15) is 0 Å². The molecule has 0 amide bonds. The van der Waals surface area contributed by atoms with E-state index < -0.39 is 11.6 Å². The van der Waals surface area contributed by atoms with Crippen LogP contribution >= 0.6 is 30.5 Å². The molecule has 4 rings (SSSR count). The molecule has 1 aliphatic rings. The fourth-order valence-corrected chi connectivity index (χ4v) is 9.02. The van der Waals surface area contributed by atoms with Gasteiger partial charge in [0, 0.05) is 5.92 Å². The van der Waals surface area contributed by atoms with E-state index in [1.807, 2.05) is 0 Å². The van der Waals surface area contributed by atoms with Crippen LogP contribution in [0.2, 0.25) is 0 Å². The summed E-state index contributed by atoms with van der Waals surface area (Å²) in [5, 5.41) is 4.18. The van der Waals surface area contributed by atoms with Gasteiger partial charge in [-0.15, -0.1) is 23.2 Å². The summed E-state index contributed by atoms with van der Waals surface area (Å²) in [4.78, 5) is 0. The van der Waals surface area contributed by atoms with Crippen LogP contribution < -0.4 is 32.9 Å². The second-order valence-electron chi connectivity index (χ2n) is 6.66. The highest BCUT2D eigenvalue weighted by Gasteiger charge is 2.59. The van der Waals surface area contributed by atoms with Crippen molar-refractivity contribution in [2.75, 3.05) is 6.16 Å². The molecule has 1 aliphatic carbocycles. The predicted molar refractivity (Wildman–Crippen MR) is 113 cm³/mol. The van der Waals surface area contributed by atoms with Gasteiger partial charge in [-0.25, -0.2) is 0 Å². The molecular formula is C22H20BrCl2P. The van der Waals surface area contributed by atoms with E-state index >= 15 is 0 Å². The SMILES string of the molecule is ClC1(Cl)CC1C[P+](c1ccccc1)(c1ccccc1)c1ccccc1.[Br-]. The summed E-state index contributed by atoms with van der Waals surface area (Å²) in [7, 11) is -1.80. The lowest BCUT2D eigenvalue weighted by molar-refractivity contribution is -0.00000469. The van der Waals surface area contributed by atoms with Crippen molar-refractivity contribution >= 4 is 46.4 Å². The fourth-order valence-electron chi connectivity index (χ4n) is 3.61. The van der Waals surface area contributed by atoms with E-state index in [0.29, 0.717) is 5.92 Å². The highest BCUT2D eigenvalue weighted by atomic mass is 79.9. The zero-order chi connectivity index (χ0) is 17.3. The largest absolute Gasteiger partial charge is 1.00 e. The van der Waals surface area contributed by atoms with Crippen LogP contribution in [0.5, 0.6) is 0 Å². The average molecular weight is 466 g/mol. The smallest absolute Gasteiger partial charge is 0.125 e. The Kier molecular flexibility index (Phi) is 6.14. The van der Waals surface area contributed by atoms with Gasteiger partial charge in [-0.05, 0) is 42.8 Å². The van der Waals surface area contributed by atoms with E-state index in [0.717, 1.165) is 12.6 Å². The normalized spacial score (nSPS) is 18.0. The first kappa shape index (κ1) is 19.9. The Morgan fingerprint density at radius 3 is 1.27 bits per heavy atom. The maximum absolute atomic E-state index is 6.46. The van der Waals surface area contributed by atoms with Gasteiger partial charge in [-0.1, -0.05) is 54.6 Å². The van der Waals surface area contributed by atoms with Gasteiger partial charge in [0.1, 0.15) is 27.5 Å². The third kappa shape index (κ3) is 3.73. The van der Waals surface area contributed by atoms with Gasteiger partial charge >= 0.3 is 0 Å². The number of hydrogen-bond donors (Lipinski definition) is 0. The summed E-state index contributed by atoms with van der Waals surface area (Å²) in [6, 6.07) is 32.6. The Hall–Kier alpha value is -0.850. The molecular weight excluding hydrogens is 446 g/mol. The first-order valence-electron chi connectivity index (χ1n) is 8.56. The standard InChI is InChI=1S/C22H20Cl2P.BrH/c23-22(24)16-18(22)17-25(19-10-4-1-5-11-19,20-12-6-2-7-13-20)21-14-8-3-9-15-21;/h1-15,18H,16-17H2;1H/q+1;/p-1. The molecule has 26 heavy (non-hydrogen) atoms. The molecule has 1 unspecified atom stereocenters. The van der Waals surface area contributed by atoms with Gasteiger partial charge < -0.3 is 17.0 Å². The Morgan fingerprint density at radius 1 is 0.692 bits per heavy atom. The van der Waals surface area contributed by atoms with E-state index in [-0.39, 0.29) is 17.0 Å². The molecule has 134 valence electrons. The predicted octanol–water partition coefficient (Wildman–Crippen LogP) is 2.18. The molecule has 0 heterocycles. The van der Waals surface area contributed by atoms with Crippen LogP contribution in [-0.2, 0) is 0 Å². The highest BCUT2D eigenvalue weighted by Crippen LogP contribution is 2.65. The van der Waals surface area contributed by atoms with Crippen molar-refractivity contribution in [2.24, 2.45) is 5.92 Å². The van der Waals surface area contributed by atoms with E-state index in [2.05, 4.69) is 91.0 Å². The minimum Gasteiger partial charge on any atom is -1.00 e. The monoisotopic (exact) mass is 464 g/mol. The van der Waals surface area contributed by atoms with Gasteiger partial charge in [0.05, 0.1) is 6.16 Å². The van der Waals surface area contributed by atoms with Crippen molar-refractivity contribution < 1.29 is 17.0 Å². The maximum atomic E-state index is 6.46. The van der Waals surface area contributed by atoms with Gasteiger partial charge in [0.25, 0.3) is 0 Å². The summed E-state index contributed by atoms with van der Waals surface area (Å²) >= 11 is 12.9. The zero-order valence-electron chi connectivity index (χ0n) is 14.2. The van der Waals surface area contributed by atoms with Crippen LogP contribution in [0.3, 0.4) is 0 Å². The Morgan fingerprint density at radius 2 is 1.00 bits per heavy atom. The molecule has 1 atom stereocenters. The Balaban J connectivity index is 0.00000196.